The van der Waals surface area contributed by atoms with Gasteiger partial charge in [-0.3, -0.25) is 9.69 Å². The fourth-order valence-electron chi connectivity index (χ4n) is 5.87. The van der Waals surface area contributed by atoms with Gasteiger partial charge < -0.3 is 9.47 Å². The monoisotopic (exact) mass is 378 g/mol. The molecule has 4 heterocycles. The molecule has 0 N–H and O–H groups in total. The third kappa shape index (κ3) is 3.26. The number of likely N-dealkylation sites (tertiary alicyclic amines) is 1. The molecule has 1 amide bonds. The Labute approximate surface area is 167 Å². The van der Waals surface area contributed by atoms with E-state index >= 15 is 0 Å². The summed E-state index contributed by atoms with van der Waals surface area (Å²) in [7, 11) is 2.08. The Morgan fingerprint density at radius 2 is 1.96 bits per heavy atom. The molecule has 5 rings (SSSR count). The molecule has 4 atom stereocenters. The highest BCUT2D eigenvalue weighted by molar-refractivity contribution is 5.78. The number of imidazole rings is 1. The number of piperidine rings is 3. The summed E-state index contributed by atoms with van der Waals surface area (Å²) < 4.78 is 2.13. The minimum Gasteiger partial charge on any atom is -0.337 e. The van der Waals surface area contributed by atoms with Gasteiger partial charge in [-0.15, -0.1) is 0 Å². The lowest BCUT2D eigenvalue weighted by Gasteiger charge is -2.56. The van der Waals surface area contributed by atoms with Crippen LogP contribution in [0.5, 0.6) is 0 Å². The molecule has 3 fully saturated rings. The molecule has 3 aliphatic heterocycles. The van der Waals surface area contributed by atoms with Gasteiger partial charge in [0.05, 0.1) is 6.54 Å². The normalized spacial score (nSPS) is 30.3. The number of carbonyl (C=O) groups is 1. The molecule has 1 aromatic carbocycles. The summed E-state index contributed by atoms with van der Waals surface area (Å²) in [6.45, 7) is 3.07. The van der Waals surface area contributed by atoms with Gasteiger partial charge in [0, 0.05) is 51.0 Å². The van der Waals surface area contributed by atoms with E-state index in [-0.39, 0.29) is 0 Å². The first-order valence-corrected chi connectivity index (χ1v) is 10.7. The van der Waals surface area contributed by atoms with Gasteiger partial charge in [-0.25, -0.2) is 4.98 Å². The van der Waals surface area contributed by atoms with E-state index in [0.717, 1.165) is 44.7 Å². The Balaban J connectivity index is 1.41. The third-order valence-corrected chi connectivity index (χ3v) is 7.15. The number of nitrogens with zero attached hydrogens (tertiary/aromatic N) is 4. The average Bonchev–Trinajstić information content (AvgIpc) is 3.10. The Hall–Kier alpha value is -2.14. The second-order valence-electron chi connectivity index (χ2n) is 8.92. The van der Waals surface area contributed by atoms with Gasteiger partial charge in [-0.1, -0.05) is 30.3 Å². The predicted octanol–water partition coefficient (Wildman–Crippen LogP) is 2.86. The lowest BCUT2D eigenvalue weighted by Crippen LogP contribution is -2.65. The molecular formula is C23H30N4O. The second kappa shape index (κ2) is 7.36. The Kier molecular flexibility index (Phi) is 4.71. The maximum Gasteiger partial charge on any atom is 0.223 e. The summed E-state index contributed by atoms with van der Waals surface area (Å²) in [6, 6.07) is 11.5. The Bertz CT molecular complexity index is 832. The van der Waals surface area contributed by atoms with E-state index in [1.54, 1.807) is 0 Å². The number of benzene rings is 1. The van der Waals surface area contributed by atoms with Crippen LogP contribution in [0.1, 0.15) is 37.1 Å². The minimum absolute atomic E-state index is 0.334. The standard InChI is InChI=1S/C23H30N4O/c1-25-11-10-24-22(25)16-26-14-18-13-19(15-26)21(12-17-6-3-2-4-7-17)27-20(18)8-5-9-23(27)28/h2-4,6-7,10-11,18-21H,5,8-9,12-16H2,1H3/t18-,19+,20+,21+/m1/s1. The lowest BCUT2D eigenvalue weighted by atomic mass is 9.71. The van der Waals surface area contributed by atoms with Gasteiger partial charge in [0.2, 0.25) is 5.91 Å². The van der Waals surface area contributed by atoms with E-state index in [2.05, 4.69) is 56.7 Å². The van der Waals surface area contributed by atoms with Crippen molar-refractivity contribution in [2.45, 2.75) is 50.7 Å². The van der Waals surface area contributed by atoms with E-state index in [0.29, 0.717) is 29.8 Å². The molecule has 0 unspecified atom stereocenters. The van der Waals surface area contributed by atoms with Crippen LogP contribution in [-0.4, -0.2) is 50.4 Å². The lowest BCUT2D eigenvalue weighted by molar-refractivity contribution is -0.152. The SMILES string of the molecule is Cn1ccnc1CN1C[C@H]2C[C@@H](C1)[C@H](Cc1ccccc1)N1C(=O)CCC[C@@H]21. The van der Waals surface area contributed by atoms with Crippen molar-refractivity contribution in [1.82, 2.24) is 19.4 Å². The van der Waals surface area contributed by atoms with Crippen molar-refractivity contribution in [1.29, 1.82) is 0 Å². The minimum atomic E-state index is 0.334. The molecule has 3 aliphatic rings. The smallest absolute Gasteiger partial charge is 0.223 e. The maximum atomic E-state index is 12.9. The van der Waals surface area contributed by atoms with Gasteiger partial charge in [-0.05, 0) is 43.1 Å². The molecule has 0 aliphatic carbocycles. The predicted molar refractivity (Wildman–Crippen MR) is 109 cm³/mol. The molecule has 148 valence electrons. The van der Waals surface area contributed by atoms with Crippen LogP contribution in [0, 0.1) is 11.8 Å². The Morgan fingerprint density at radius 3 is 2.75 bits per heavy atom. The number of hydrogen-bond donors (Lipinski definition) is 0. The molecule has 2 aromatic rings. The zero-order chi connectivity index (χ0) is 19.1. The van der Waals surface area contributed by atoms with Crippen molar-refractivity contribution in [2.75, 3.05) is 13.1 Å². The number of aryl methyl sites for hydroxylation is 1. The first-order valence-electron chi connectivity index (χ1n) is 10.7. The van der Waals surface area contributed by atoms with E-state index in [1.165, 1.54) is 18.4 Å². The van der Waals surface area contributed by atoms with Crippen molar-refractivity contribution in [3.63, 3.8) is 0 Å². The van der Waals surface area contributed by atoms with Gasteiger partial charge in [0.25, 0.3) is 0 Å². The first kappa shape index (κ1) is 17.9. The number of aromatic nitrogens is 2. The maximum absolute atomic E-state index is 12.9. The molecule has 3 saturated heterocycles. The van der Waals surface area contributed by atoms with E-state index in [1.807, 2.05) is 12.4 Å². The number of fused-ring (bicyclic) bond motifs is 4. The van der Waals surface area contributed by atoms with Crippen molar-refractivity contribution in [2.24, 2.45) is 18.9 Å². The van der Waals surface area contributed by atoms with E-state index < -0.39 is 0 Å². The largest absolute Gasteiger partial charge is 0.337 e. The molecule has 5 heteroatoms. The van der Waals surface area contributed by atoms with Crippen LogP contribution in [0.2, 0.25) is 0 Å². The van der Waals surface area contributed by atoms with Gasteiger partial charge >= 0.3 is 0 Å². The summed E-state index contributed by atoms with van der Waals surface area (Å²) in [5.41, 5.74) is 1.35. The molecule has 1 aromatic heterocycles. The van der Waals surface area contributed by atoms with Crippen LogP contribution in [0.3, 0.4) is 0 Å². The summed E-state index contributed by atoms with van der Waals surface area (Å²) in [5, 5.41) is 0. The van der Waals surface area contributed by atoms with Gasteiger partial charge in [-0.2, -0.15) is 0 Å². The molecular weight excluding hydrogens is 348 g/mol. The van der Waals surface area contributed by atoms with Crippen LogP contribution in [0.15, 0.2) is 42.7 Å². The van der Waals surface area contributed by atoms with Crippen molar-refractivity contribution in [3.8, 4) is 0 Å². The quantitative estimate of drug-likeness (QED) is 0.822. The summed E-state index contributed by atoms with van der Waals surface area (Å²) in [6.07, 6.45) is 9.13. The number of rotatable bonds is 4. The topological polar surface area (TPSA) is 41.4 Å². The molecule has 0 spiro atoms. The highest BCUT2D eigenvalue weighted by Gasteiger charge is 2.49. The van der Waals surface area contributed by atoms with Crippen LogP contribution in [-0.2, 0) is 24.8 Å². The molecule has 2 bridgehead atoms. The highest BCUT2D eigenvalue weighted by Crippen LogP contribution is 2.42. The Morgan fingerprint density at radius 1 is 1.14 bits per heavy atom. The highest BCUT2D eigenvalue weighted by atomic mass is 16.2. The van der Waals surface area contributed by atoms with Crippen molar-refractivity contribution >= 4 is 5.91 Å². The number of hydrogen-bond acceptors (Lipinski definition) is 3. The van der Waals surface area contributed by atoms with Crippen LogP contribution in [0.25, 0.3) is 0 Å². The fraction of sp³-hybridized carbons (Fsp3) is 0.565. The van der Waals surface area contributed by atoms with Gasteiger partial charge in [0.15, 0.2) is 0 Å². The summed E-state index contributed by atoms with van der Waals surface area (Å²) >= 11 is 0. The molecule has 0 saturated carbocycles. The number of amides is 1. The van der Waals surface area contributed by atoms with Crippen molar-refractivity contribution < 1.29 is 4.79 Å². The van der Waals surface area contributed by atoms with Crippen LogP contribution < -0.4 is 0 Å². The summed E-state index contributed by atoms with van der Waals surface area (Å²) in [4.78, 5) is 22.4. The number of carbonyl (C=O) groups excluding carboxylic acids is 1. The second-order valence-corrected chi connectivity index (χ2v) is 8.92. The van der Waals surface area contributed by atoms with Gasteiger partial charge in [0.1, 0.15) is 5.82 Å². The zero-order valence-electron chi connectivity index (χ0n) is 16.7. The van der Waals surface area contributed by atoms with Crippen LogP contribution in [0.4, 0.5) is 0 Å². The molecule has 0 radical (unpaired) electrons. The zero-order valence-corrected chi connectivity index (χ0v) is 16.7. The van der Waals surface area contributed by atoms with E-state index in [9.17, 15) is 4.79 Å². The summed E-state index contributed by atoms with van der Waals surface area (Å²) in [5.74, 6) is 2.69. The average molecular weight is 379 g/mol. The first-order chi connectivity index (χ1) is 13.7. The molecule has 5 nitrogen and oxygen atoms in total. The van der Waals surface area contributed by atoms with E-state index in [4.69, 9.17) is 0 Å². The molecule has 28 heavy (non-hydrogen) atoms. The van der Waals surface area contributed by atoms with Crippen LogP contribution >= 0.6 is 0 Å². The third-order valence-electron chi connectivity index (χ3n) is 7.15. The van der Waals surface area contributed by atoms with Crippen molar-refractivity contribution in [3.05, 3.63) is 54.1 Å². The fourth-order valence-corrected chi connectivity index (χ4v) is 5.87.